The number of carbonyl (C=O) groups is 1. The van der Waals surface area contributed by atoms with Gasteiger partial charge in [-0.05, 0) is 22.4 Å². The lowest BCUT2D eigenvalue weighted by Gasteiger charge is -2.39. The molecule has 0 radical (unpaired) electrons. The van der Waals surface area contributed by atoms with Crippen LogP contribution in [0.1, 0.15) is 11.7 Å². The predicted octanol–water partition coefficient (Wildman–Crippen LogP) is 0.447. The minimum absolute atomic E-state index is 0.545. The second kappa shape index (κ2) is 5.66. The number of hydrogen-bond acceptors (Lipinski definition) is 5. The van der Waals surface area contributed by atoms with Crippen molar-refractivity contribution in [2.24, 2.45) is 0 Å². The molecule has 6 nitrogen and oxygen atoms in total. The van der Waals surface area contributed by atoms with E-state index in [0.717, 1.165) is 10.8 Å². The monoisotopic (exact) mass is 304 g/mol. The fourth-order valence-corrected chi connectivity index (χ4v) is 2.74. The number of aliphatic carboxylic acids is 1. The summed E-state index contributed by atoms with van der Waals surface area (Å²) in [6.45, 7) is 0. The maximum atomic E-state index is 11.1. The lowest BCUT2D eigenvalue weighted by Crippen LogP contribution is -2.56. The zero-order chi connectivity index (χ0) is 15.9. The molecule has 22 heavy (non-hydrogen) atoms. The van der Waals surface area contributed by atoms with E-state index in [9.17, 15) is 20.1 Å². The quantitative estimate of drug-likeness (QED) is 0.641. The summed E-state index contributed by atoms with van der Waals surface area (Å²) in [5.41, 5.74) is 0.545. The molecule has 0 unspecified atom stereocenters. The number of rotatable bonds is 2. The van der Waals surface area contributed by atoms with Gasteiger partial charge in [0.25, 0.3) is 0 Å². The van der Waals surface area contributed by atoms with Crippen molar-refractivity contribution in [2.75, 3.05) is 0 Å². The summed E-state index contributed by atoms with van der Waals surface area (Å²) in [5, 5.41) is 40.6. The molecule has 1 aliphatic heterocycles. The average Bonchev–Trinajstić information content (AvgIpc) is 2.52. The Morgan fingerprint density at radius 1 is 0.909 bits per heavy atom. The van der Waals surface area contributed by atoms with E-state index in [1.165, 1.54) is 0 Å². The molecule has 1 fully saturated rings. The molecule has 1 saturated heterocycles. The Hall–Kier alpha value is -1.99. The van der Waals surface area contributed by atoms with Crippen molar-refractivity contribution in [3.63, 3.8) is 0 Å². The molecular weight excluding hydrogens is 288 g/mol. The van der Waals surface area contributed by atoms with Crippen molar-refractivity contribution in [1.29, 1.82) is 0 Å². The van der Waals surface area contributed by atoms with Crippen LogP contribution in [0.2, 0.25) is 0 Å². The molecule has 0 amide bonds. The number of fused-ring (bicyclic) bond motifs is 1. The Labute approximate surface area is 126 Å². The van der Waals surface area contributed by atoms with E-state index in [1.54, 1.807) is 12.1 Å². The minimum Gasteiger partial charge on any atom is -0.479 e. The van der Waals surface area contributed by atoms with Gasteiger partial charge in [-0.15, -0.1) is 0 Å². The van der Waals surface area contributed by atoms with Crippen molar-refractivity contribution in [3.8, 4) is 0 Å². The highest BCUT2D eigenvalue weighted by Crippen LogP contribution is 2.33. The lowest BCUT2D eigenvalue weighted by atomic mass is 9.90. The van der Waals surface area contributed by atoms with Crippen LogP contribution in [0.25, 0.3) is 10.8 Å². The molecule has 0 spiro atoms. The number of carboxylic acids is 1. The summed E-state index contributed by atoms with van der Waals surface area (Å²) in [6.07, 6.45) is -7.29. The summed E-state index contributed by atoms with van der Waals surface area (Å²) in [7, 11) is 0. The van der Waals surface area contributed by atoms with E-state index in [-0.39, 0.29) is 0 Å². The second-order valence-corrected chi connectivity index (χ2v) is 5.39. The van der Waals surface area contributed by atoms with Crippen LogP contribution in [0.3, 0.4) is 0 Å². The average molecular weight is 304 g/mol. The first kappa shape index (κ1) is 14.9. The van der Waals surface area contributed by atoms with Crippen LogP contribution in [-0.2, 0) is 9.53 Å². The van der Waals surface area contributed by atoms with Gasteiger partial charge in [-0.1, -0.05) is 36.4 Å². The van der Waals surface area contributed by atoms with Gasteiger partial charge in [0.1, 0.15) is 24.4 Å². The van der Waals surface area contributed by atoms with Gasteiger partial charge in [0.05, 0.1) is 0 Å². The van der Waals surface area contributed by atoms with E-state index in [0.29, 0.717) is 5.56 Å². The maximum Gasteiger partial charge on any atom is 0.335 e. The Kier molecular flexibility index (Phi) is 3.84. The van der Waals surface area contributed by atoms with Crippen LogP contribution in [0, 0.1) is 0 Å². The summed E-state index contributed by atoms with van der Waals surface area (Å²) >= 11 is 0. The molecule has 5 atom stereocenters. The Morgan fingerprint density at radius 2 is 1.59 bits per heavy atom. The second-order valence-electron chi connectivity index (χ2n) is 5.39. The minimum atomic E-state index is -1.68. The number of aliphatic hydroxyl groups excluding tert-OH is 3. The fourth-order valence-electron chi connectivity index (χ4n) is 2.74. The largest absolute Gasteiger partial charge is 0.479 e. The number of ether oxygens (including phenoxy) is 1. The van der Waals surface area contributed by atoms with Gasteiger partial charge >= 0.3 is 5.97 Å². The van der Waals surface area contributed by atoms with Gasteiger partial charge in [-0.25, -0.2) is 4.79 Å². The summed E-state index contributed by atoms with van der Waals surface area (Å²) in [5.74, 6) is -1.38. The van der Waals surface area contributed by atoms with Crippen LogP contribution in [0.4, 0.5) is 0 Å². The van der Waals surface area contributed by atoms with Crippen LogP contribution < -0.4 is 0 Å². The van der Waals surface area contributed by atoms with E-state index in [2.05, 4.69) is 0 Å². The van der Waals surface area contributed by atoms with Crippen molar-refractivity contribution in [2.45, 2.75) is 30.5 Å². The first-order chi connectivity index (χ1) is 10.5. The van der Waals surface area contributed by atoms with Crippen LogP contribution in [-0.4, -0.2) is 50.8 Å². The van der Waals surface area contributed by atoms with Crippen LogP contribution in [0.15, 0.2) is 42.5 Å². The SMILES string of the molecule is O=C(O)[C@H]1O[C@@H](c2ccc3ccccc3c2)[C@H](O)[C@@H](O)[C@@H]1O. The van der Waals surface area contributed by atoms with E-state index in [1.807, 2.05) is 30.3 Å². The molecule has 0 aliphatic carbocycles. The van der Waals surface area contributed by atoms with Crippen molar-refractivity contribution in [3.05, 3.63) is 48.0 Å². The molecule has 0 bridgehead atoms. The molecule has 1 heterocycles. The molecule has 0 aromatic heterocycles. The number of carboxylic acid groups (broad SMARTS) is 1. The van der Waals surface area contributed by atoms with E-state index < -0.39 is 36.5 Å². The maximum absolute atomic E-state index is 11.1. The predicted molar refractivity (Wildman–Crippen MR) is 77.2 cm³/mol. The third kappa shape index (κ3) is 2.46. The topological polar surface area (TPSA) is 107 Å². The van der Waals surface area contributed by atoms with Gasteiger partial charge < -0.3 is 25.2 Å². The molecule has 4 N–H and O–H groups in total. The van der Waals surface area contributed by atoms with Crippen molar-refractivity contribution < 1.29 is 30.0 Å². The number of hydrogen-bond donors (Lipinski definition) is 4. The van der Waals surface area contributed by atoms with Crippen LogP contribution in [0.5, 0.6) is 0 Å². The highest BCUT2D eigenvalue weighted by atomic mass is 16.6. The van der Waals surface area contributed by atoms with Gasteiger partial charge in [0.2, 0.25) is 0 Å². The Morgan fingerprint density at radius 3 is 2.27 bits per heavy atom. The molecule has 116 valence electrons. The van der Waals surface area contributed by atoms with E-state index >= 15 is 0 Å². The Bertz CT molecular complexity index is 700. The summed E-state index contributed by atoms with van der Waals surface area (Å²) in [4.78, 5) is 11.1. The first-order valence-electron chi connectivity index (χ1n) is 6.90. The molecule has 1 aliphatic rings. The zero-order valence-electron chi connectivity index (χ0n) is 11.5. The molecule has 2 aromatic carbocycles. The van der Waals surface area contributed by atoms with Gasteiger partial charge in [0, 0.05) is 0 Å². The zero-order valence-corrected chi connectivity index (χ0v) is 11.5. The van der Waals surface area contributed by atoms with Crippen molar-refractivity contribution in [1.82, 2.24) is 0 Å². The Balaban J connectivity index is 1.98. The molecule has 6 heteroatoms. The lowest BCUT2D eigenvalue weighted by molar-refractivity contribution is -0.229. The number of aliphatic hydroxyl groups is 3. The number of benzene rings is 2. The highest BCUT2D eigenvalue weighted by Gasteiger charge is 2.47. The van der Waals surface area contributed by atoms with Crippen molar-refractivity contribution >= 4 is 16.7 Å². The first-order valence-corrected chi connectivity index (χ1v) is 6.90. The van der Waals surface area contributed by atoms with Gasteiger partial charge in [0.15, 0.2) is 6.10 Å². The third-order valence-corrected chi connectivity index (χ3v) is 3.96. The molecule has 0 saturated carbocycles. The third-order valence-electron chi connectivity index (χ3n) is 3.96. The summed E-state index contributed by atoms with van der Waals surface area (Å²) in [6, 6.07) is 12.9. The fraction of sp³-hybridized carbons (Fsp3) is 0.312. The van der Waals surface area contributed by atoms with Gasteiger partial charge in [-0.3, -0.25) is 0 Å². The standard InChI is InChI=1S/C16H16O6/c17-11-12(18)14(22-15(13(11)19)16(20)21)10-6-5-8-3-1-2-4-9(8)7-10/h1-7,11-15,17-19H,(H,20,21)/t11-,12-,13+,14+,15+/m1/s1. The summed E-state index contributed by atoms with van der Waals surface area (Å²) < 4.78 is 5.32. The smallest absolute Gasteiger partial charge is 0.335 e. The van der Waals surface area contributed by atoms with E-state index in [4.69, 9.17) is 9.84 Å². The molecule has 2 aromatic rings. The molecule has 3 rings (SSSR count). The van der Waals surface area contributed by atoms with Gasteiger partial charge in [-0.2, -0.15) is 0 Å². The highest BCUT2D eigenvalue weighted by molar-refractivity contribution is 5.83. The normalized spacial score (nSPS) is 32.0. The van der Waals surface area contributed by atoms with Crippen LogP contribution >= 0.6 is 0 Å². The molecular formula is C16H16O6.